The minimum absolute atomic E-state index is 0.0168. The summed E-state index contributed by atoms with van der Waals surface area (Å²) in [4.78, 5) is 19.1. The fourth-order valence-corrected chi connectivity index (χ4v) is 3.35. The van der Waals surface area contributed by atoms with E-state index in [1.807, 2.05) is 18.7 Å². The Hall–Kier alpha value is -2.08. The van der Waals surface area contributed by atoms with Crippen molar-refractivity contribution in [1.82, 2.24) is 15.0 Å². The van der Waals surface area contributed by atoms with Gasteiger partial charge in [0.05, 0.1) is 12.7 Å². The van der Waals surface area contributed by atoms with E-state index in [-0.39, 0.29) is 11.8 Å². The van der Waals surface area contributed by atoms with Gasteiger partial charge in [0, 0.05) is 30.5 Å². The predicted molar refractivity (Wildman–Crippen MR) is 98.7 cm³/mol. The minimum Gasteiger partial charge on any atom is -0.496 e. The van der Waals surface area contributed by atoms with Crippen LogP contribution in [0.25, 0.3) is 0 Å². The zero-order valence-electron chi connectivity index (χ0n) is 15.4. The first-order chi connectivity index (χ1) is 12.5. The largest absolute Gasteiger partial charge is 0.496 e. The molecule has 7 heteroatoms. The molecule has 0 spiro atoms. The van der Waals surface area contributed by atoms with Gasteiger partial charge >= 0.3 is 0 Å². The number of halogens is 1. The van der Waals surface area contributed by atoms with Crippen molar-refractivity contribution in [1.29, 1.82) is 0 Å². The van der Waals surface area contributed by atoms with E-state index >= 15 is 0 Å². The van der Waals surface area contributed by atoms with Crippen LogP contribution in [-0.4, -0.2) is 41.1 Å². The van der Waals surface area contributed by atoms with E-state index in [1.54, 1.807) is 25.3 Å². The van der Waals surface area contributed by atoms with Crippen molar-refractivity contribution < 1.29 is 14.1 Å². The van der Waals surface area contributed by atoms with Crippen LogP contribution < -0.4 is 4.74 Å². The first-order valence-corrected chi connectivity index (χ1v) is 9.31. The third-order valence-corrected chi connectivity index (χ3v) is 4.99. The molecule has 0 atom stereocenters. The topological polar surface area (TPSA) is 68.5 Å². The molecule has 1 saturated heterocycles. The molecule has 0 radical (unpaired) electrons. The Morgan fingerprint density at radius 1 is 1.38 bits per heavy atom. The van der Waals surface area contributed by atoms with E-state index in [9.17, 15) is 4.79 Å². The van der Waals surface area contributed by atoms with Crippen LogP contribution in [0.15, 0.2) is 22.7 Å². The highest BCUT2D eigenvalue weighted by atomic mass is 35.5. The highest BCUT2D eigenvalue weighted by Crippen LogP contribution is 2.27. The van der Waals surface area contributed by atoms with Gasteiger partial charge in [-0.15, -0.1) is 0 Å². The second-order valence-electron chi connectivity index (χ2n) is 6.99. The predicted octanol–water partition coefficient (Wildman–Crippen LogP) is 3.95. The van der Waals surface area contributed by atoms with Crippen molar-refractivity contribution >= 4 is 17.5 Å². The molecule has 3 rings (SSSR count). The van der Waals surface area contributed by atoms with Crippen molar-refractivity contribution in [2.45, 2.75) is 39.0 Å². The number of piperidine rings is 1. The second-order valence-corrected chi connectivity index (χ2v) is 7.42. The SMILES string of the molecule is COc1cc(Cl)ccc1C(=O)N1CCC(Cc2nc(C(C)C)no2)CC1. The summed E-state index contributed by atoms with van der Waals surface area (Å²) in [6.07, 6.45) is 2.61. The van der Waals surface area contributed by atoms with Crippen LogP contribution >= 0.6 is 11.6 Å². The number of likely N-dealkylation sites (tertiary alicyclic amines) is 1. The number of hydrogen-bond donors (Lipinski definition) is 0. The fraction of sp³-hybridized carbons (Fsp3) is 0.526. The van der Waals surface area contributed by atoms with Gasteiger partial charge in [-0.05, 0) is 37.0 Å². The average molecular weight is 378 g/mol. The monoisotopic (exact) mass is 377 g/mol. The molecule has 1 aliphatic heterocycles. The van der Waals surface area contributed by atoms with E-state index < -0.39 is 0 Å². The van der Waals surface area contributed by atoms with Crippen LogP contribution in [0.5, 0.6) is 5.75 Å². The van der Waals surface area contributed by atoms with Gasteiger partial charge in [-0.25, -0.2) is 0 Å². The molecule has 0 N–H and O–H groups in total. The van der Waals surface area contributed by atoms with Gasteiger partial charge in [-0.1, -0.05) is 30.6 Å². The zero-order chi connectivity index (χ0) is 18.7. The van der Waals surface area contributed by atoms with Crippen molar-refractivity contribution in [3.05, 3.63) is 40.5 Å². The summed E-state index contributed by atoms with van der Waals surface area (Å²) in [5.74, 6) is 2.65. The van der Waals surface area contributed by atoms with Gasteiger partial charge in [0.1, 0.15) is 5.75 Å². The number of nitrogens with zero attached hydrogens (tertiary/aromatic N) is 3. The molecule has 2 heterocycles. The minimum atomic E-state index is -0.0168. The van der Waals surface area contributed by atoms with E-state index in [0.717, 1.165) is 25.1 Å². The first kappa shape index (κ1) is 18.7. The van der Waals surface area contributed by atoms with Crippen molar-refractivity contribution in [2.75, 3.05) is 20.2 Å². The van der Waals surface area contributed by atoms with Crippen LogP contribution in [0, 0.1) is 5.92 Å². The second kappa shape index (κ2) is 8.08. The lowest BCUT2D eigenvalue weighted by atomic mass is 9.93. The number of aromatic nitrogens is 2. The molecule has 2 aromatic rings. The fourth-order valence-electron chi connectivity index (χ4n) is 3.18. The number of carbonyl (C=O) groups excluding carboxylic acids is 1. The molecule has 1 amide bonds. The molecule has 0 saturated carbocycles. The lowest BCUT2D eigenvalue weighted by molar-refractivity contribution is 0.0684. The number of benzene rings is 1. The summed E-state index contributed by atoms with van der Waals surface area (Å²) < 4.78 is 10.6. The summed E-state index contributed by atoms with van der Waals surface area (Å²) in [5.41, 5.74) is 0.550. The van der Waals surface area contributed by atoms with Crippen LogP contribution in [0.4, 0.5) is 0 Å². The standard InChI is InChI=1S/C19H24ClN3O3/c1-12(2)18-21-17(26-22-18)10-13-6-8-23(9-7-13)19(24)15-5-4-14(20)11-16(15)25-3/h4-5,11-13H,6-10H2,1-3H3. The van der Waals surface area contributed by atoms with Crippen LogP contribution in [0.3, 0.4) is 0 Å². The Kier molecular flexibility index (Phi) is 5.81. The highest BCUT2D eigenvalue weighted by molar-refractivity contribution is 6.30. The molecule has 0 unspecified atom stereocenters. The lowest BCUT2D eigenvalue weighted by Crippen LogP contribution is -2.39. The maximum atomic E-state index is 12.8. The van der Waals surface area contributed by atoms with Crippen molar-refractivity contribution in [2.24, 2.45) is 5.92 Å². The molecule has 0 aliphatic carbocycles. The van der Waals surface area contributed by atoms with E-state index in [4.69, 9.17) is 20.9 Å². The first-order valence-electron chi connectivity index (χ1n) is 8.93. The molecular weight excluding hydrogens is 354 g/mol. The van der Waals surface area contributed by atoms with Crippen molar-refractivity contribution in [3.8, 4) is 5.75 Å². The summed E-state index contributed by atoms with van der Waals surface area (Å²) in [6, 6.07) is 5.11. The van der Waals surface area contributed by atoms with Gasteiger partial charge < -0.3 is 14.2 Å². The maximum Gasteiger partial charge on any atom is 0.257 e. The summed E-state index contributed by atoms with van der Waals surface area (Å²) in [5, 5.41) is 4.57. The number of hydrogen-bond acceptors (Lipinski definition) is 5. The third-order valence-electron chi connectivity index (χ3n) is 4.76. The molecule has 0 bridgehead atoms. The molecule has 1 aromatic heterocycles. The Morgan fingerprint density at radius 2 is 2.12 bits per heavy atom. The molecule has 140 valence electrons. The summed E-state index contributed by atoms with van der Waals surface area (Å²) in [6.45, 7) is 5.51. The Bertz CT molecular complexity index is 767. The normalized spacial score (nSPS) is 15.5. The number of methoxy groups -OCH3 is 1. The number of amides is 1. The number of rotatable bonds is 5. The van der Waals surface area contributed by atoms with Gasteiger partial charge in [-0.2, -0.15) is 4.98 Å². The van der Waals surface area contributed by atoms with Crippen molar-refractivity contribution in [3.63, 3.8) is 0 Å². The van der Waals surface area contributed by atoms with Crippen LogP contribution in [-0.2, 0) is 6.42 Å². The quantitative estimate of drug-likeness (QED) is 0.789. The number of carbonyl (C=O) groups is 1. The molecule has 1 aromatic carbocycles. The number of ether oxygens (including phenoxy) is 1. The van der Waals surface area contributed by atoms with E-state index in [0.29, 0.717) is 41.2 Å². The van der Waals surface area contributed by atoms with E-state index in [1.165, 1.54) is 0 Å². The molecule has 1 aliphatic rings. The zero-order valence-corrected chi connectivity index (χ0v) is 16.1. The molecule has 6 nitrogen and oxygen atoms in total. The molecule has 26 heavy (non-hydrogen) atoms. The van der Waals surface area contributed by atoms with Gasteiger partial charge in [0.2, 0.25) is 5.89 Å². The van der Waals surface area contributed by atoms with Gasteiger partial charge in [0.15, 0.2) is 5.82 Å². The Morgan fingerprint density at radius 3 is 2.73 bits per heavy atom. The Balaban J connectivity index is 1.58. The molecular formula is C19H24ClN3O3. The molecule has 1 fully saturated rings. The lowest BCUT2D eigenvalue weighted by Gasteiger charge is -2.31. The third kappa shape index (κ3) is 4.18. The Labute approximate surface area is 158 Å². The average Bonchev–Trinajstić information content (AvgIpc) is 3.10. The highest BCUT2D eigenvalue weighted by Gasteiger charge is 2.27. The summed E-state index contributed by atoms with van der Waals surface area (Å²) >= 11 is 5.98. The summed E-state index contributed by atoms with van der Waals surface area (Å²) in [7, 11) is 1.55. The van der Waals surface area contributed by atoms with Gasteiger partial charge in [-0.3, -0.25) is 4.79 Å². The van der Waals surface area contributed by atoms with Crippen LogP contribution in [0.1, 0.15) is 54.7 Å². The van der Waals surface area contributed by atoms with Gasteiger partial charge in [0.25, 0.3) is 5.91 Å². The maximum absolute atomic E-state index is 12.8. The van der Waals surface area contributed by atoms with E-state index in [2.05, 4.69) is 10.1 Å². The van der Waals surface area contributed by atoms with Crippen LogP contribution in [0.2, 0.25) is 5.02 Å². The smallest absolute Gasteiger partial charge is 0.257 e.